The van der Waals surface area contributed by atoms with Crippen molar-refractivity contribution in [1.82, 2.24) is 30.8 Å². The van der Waals surface area contributed by atoms with Crippen LogP contribution < -0.4 is 5.32 Å². The van der Waals surface area contributed by atoms with Gasteiger partial charge in [-0.2, -0.15) is 5.21 Å². The predicted molar refractivity (Wildman–Crippen MR) is 99.6 cm³/mol. The highest BCUT2D eigenvalue weighted by molar-refractivity contribution is 6.00. The van der Waals surface area contributed by atoms with E-state index in [0.29, 0.717) is 23.5 Å². The molecule has 0 unspecified atom stereocenters. The first-order chi connectivity index (χ1) is 12.6. The maximum absolute atomic E-state index is 12.8. The summed E-state index contributed by atoms with van der Waals surface area (Å²) in [7, 11) is 4.02. The molecule has 134 valence electrons. The number of likely N-dealkylation sites (N-methyl/N-ethyl adjacent to an activating group) is 1. The highest BCUT2D eigenvalue weighted by Gasteiger charge is 2.19. The number of benzene rings is 2. The largest absolute Gasteiger partial charge is 0.350 e. The van der Waals surface area contributed by atoms with Gasteiger partial charge in [-0.05, 0) is 43.4 Å². The van der Waals surface area contributed by atoms with Crippen molar-refractivity contribution in [2.75, 3.05) is 20.6 Å². The average Bonchev–Trinajstić information content (AvgIpc) is 3.17. The molecular weight excluding hydrogens is 328 g/mol. The van der Waals surface area contributed by atoms with E-state index in [-0.39, 0.29) is 11.9 Å². The first kappa shape index (κ1) is 17.8. The zero-order valence-corrected chi connectivity index (χ0v) is 15.1. The lowest BCUT2D eigenvalue weighted by molar-refractivity contribution is 0.0942. The van der Waals surface area contributed by atoms with Crippen LogP contribution in [0, 0.1) is 6.92 Å². The summed E-state index contributed by atoms with van der Waals surface area (Å²) < 4.78 is 0. The molecule has 3 aromatic rings. The van der Waals surface area contributed by atoms with Crippen LogP contribution in [0.15, 0.2) is 48.5 Å². The molecule has 0 aliphatic rings. The van der Waals surface area contributed by atoms with Crippen LogP contribution in [0.1, 0.15) is 27.5 Å². The number of amides is 1. The normalized spacial score (nSPS) is 12.2. The highest BCUT2D eigenvalue weighted by atomic mass is 16.1. The lowest BCUT2D eigenvalue weighted by atomic mass is 10.00. The van der Waals surface area contributed by atoms with E-state index in [0.717, 1.165) is 0 Å². The lowest BCUT2D eigenvalue weighted by Crippen LogP contribution is -2.35. The number of carbonyl (C=O) groups excluding carboxylic acids is 1. The maximum Gasteiger partial charge on any atom is 0.252 e. The molecule has 0 spiro atoms. The van der Waals surface area contributed by atoms with Gasteiger partial charge in [0.15, 0.2) is 0 Å². The predicted octanol–water partition coefficient (Wildman–Crippen LogP) is 2.21. The number of aromatic nitrogens is 4. The highest BCUT2D eigenvalue weighted by Crippen LogP contribution is 2.22. The van der Waals surface area contributed by atoms with Crippen molar-refractivity contribution in [2.45, 2.75) is 13.0 Å². The van der Waals surface area contributed by atoms with Gasteiger partial charge in [0.05, 0.1) is 11.6 Å². The fraction of sp³-hybridized carbons (Fsp3) is 0.263. The molecule has 0 saturated heterocycles. The summed E-state index contributed by atoms with van der Waals surface area (Å²) in [6, 6.07) is 15.5. The molecule has 26 heavy (non-hydrogen) atoms. The van der Waals surface area contributed by atoms with Crippen LogP contribution in [0.3, 0.4) is 0 Å². The quantitative estimate of drug-likeness (QED) is 0.712. The molecule has 7 nitrogen and oxygen atoms in total. The minimum absolute atomic E-state index is 0.0810. The van der Waals surface area contributed by atoms with Crippen molar-refractivity contribution < 1.29 is 4.79 Å². The van der Waals surface area contributed by atoms with E-state index >= 15 is 0 Å². The zero-order valence-electron chi connectivity index (χ0n) is 15.1. The van der Waals surface area contributed by atoms with E-state index in [1.54, 1.807) is 6.07 Å². The molecule has 3 rings (SSSR count). The standard InChI is InChI=1S/C19H22N6O/c1-13-8-4-5-9-14(13)17(25(2)3)12-20-19(26)16-11-7-6-10-15(16)18-21-23-24-22-18/h4-11,17H,12H2,1-3H3,(H,20,26)(H,21,22,23,24)/t17-/m1/s1. The molecule has 0 aliphatic heterocycles. The van der Waals surface area contributed by atoms with Gasteiger partial charge in [-0.25, -0.2) is 0 Å². The number of hydrogen-bond acceptors (Lipinski definition) is 5. The van der Waals surface area contributed by atoms with Gasteiger partial charge in [0.25, 0.3) is 5.91 Å². The Balaban J connectivity index is 1.79. The number of nitrogens with zero attached hydrogens (tertiary/aromatic N) is 4. The summed E-state index contributed by atoms with van der Waals surface area (Å²) in [5.41, 5.74) is 3.57. The Morgan fingerprint density at radius 3 is 2.58 bits per heavy atom. The molecule has 1 amide bonds. The molecule has 7 heteroatoms. The van der Waals surface area contributed by atoms with Crippen molar-refractivity contribution in [3.63, 3.8) is 0 Å². The van der Waals surface area contributed by atoms with E-state index < -0.39 is 0 Å². The molecular formula is C19H22N6O. The summed E-state index contributed by atoms with van der Waals surface area (Å²) in [6.07, 6.45) is 0. The van der Waals surface area contributed by atoms with Gasteiger partial charge in [0.1, 0.15) is 0 Å². The summed E-state index contributed by atoms with van der Waals surface area (Å²) in [4.78, 5) is 14.9. The van der Waals surface area contributed by atoms with Crippen LogP contribution in [-0.2, 0) is 0 Å². The van der Waals surface area contributed by atoms with Gasteiger partial charge >= 0.3 is 0 Å². The third kappa shape index (κ3) is 3.78. The first-order valence-corrected chi connectivity index (χ1v) is 8.41. The van der Waals surface area contributed by atoms with E-state index in [1.807, 2.05) is 44.4 Å². The van der Waals surface area contributed by atoms with Crippen LogP contribution in [0.4, 0.5) is 0 Å². The van der Waals surface area contributed by atoms with Crippen molar-refractivity contribution in [3.05, 3.63) is 65.2 Å². The van der Waals surface area contributed by atoms with Gasteiger partial charge in [-0.1, -0.05) is 42.5 Å². The van der Waals surface area contributed by atoms with Gasteiger partial charge in [0, 0.05) is 12.1 Å². The average molecular weight is 350 g/mol. The number of hydrogen-bond donors (Lipinski definition) is 2. The topological polar surface area (TPSA) is 86.8 Å². The minimum atomic E-state index is -0.161. The van der Waals surface area contributed by atoms with Crippen molar-refractivity contribution in [2.24, 2.45) is 0 Å². The maximum atomic E-state index is 12.8. The molecule has 0 radical (unpaired) electrons. The van der Waals surface area contributed by atoms with Crippen molar-refractivity contribution in [3.8, 4) is 11.4 Å². The summed E-state index contributed by atoms with van der Waals surface area (Å²) in [5, 5.41) is 17.0. The fourth-order valence-electron chi connectivity index (χ4n) is 2.97. The lowest BCUT2D eigenvalue weighted by Gasteiger charge is -2.26. The molecule has 1 aromatic heterocycles. The first-order valence-electron chi connectivity index (χ1n) is 8.41. The van der Waals surface area contributed by atoms with E-state index in [2.05, 4.69) is 49.9 Å². The summed E-state index contributed by atoms with van der Waals surface area (Å²) in [5.74, 6) is 0.240. The Labute approximate surface area is 152 Å². The molecule has 0 aliphatic carbocycles. The van der Waals surface area contributed by atoms with Crippen LogP contribution in [0.5, 0.6) is 0 Å². The molecule has 2 N–H and O–H groups in total. The van der Waals surface area contributed by atoms with Gasteiger partial charge in [-0.15, -0.1) is 10.2 Å². The Bertz CT molecular complexity index is 875. The van der Waals surface area contributed by atoms with E-state index in [4.69, 9.17) is 0 Å². The smallest absolute Gasteiger partial charge is 0.252 e. The van der Waals surface area contributed by atoms with E-state index in [1.165, 1.54) is 11.1 Å². The van der Waals surface area contributed by atoms with Crippen LogP contribution >= 0.6 is 0 Å². The SMILES string of the molecule is Cc1ccccc1[C@@H](CNC(=O)c1ccccc1-c1nn[nH]n1)N(C)C. The molecule has 0 fully saturated rings. The zero-order chi connectivity index (χ0) is 18.5. The number of H-pyrrole nitrogens is 1. The molecule has 1 heterocycles. The monoisotopic (exact) mass is 350 g/mol. The van der Waals surface area contributed by atoms with Gasteiger partial charge < -0.3 is 10.2 Å². The van der Waals surface area contributed by atoms with E-state index in [9.17, 15) is 4.79 Å². The van der Waals surface area contributed by atoms with Gasteiger partial charge in [0.2, 0.25) is 5.82 Å². The fourth-order valence-corrected chi connectivity index (χ4v) is 2.97. The number of aryl methyl sites for hydroxylation is 1. The van der Waals surface area contributed by atoms with Crippen LogP contribution in [-0.4, -0.2) is 52.1 Å². The molecule has 1 atom stereocenters. The van der Waals surface area contributed by atoms with Crippen LogP contribution in [0.25, 0.3) is 11.4 Å². The Morgan fingerprint density at radius 2 is 1.88 bits per heavy atom. The molecule has 2 aromatic carbocycles. The molecule has 0 saturated carbocycles. The summed E-state index contributed by atoms with van der Waals surface area (Å²) >= 11 is 0. The Morgan fingerprint density at radius 1 is 1.15 bits per heavy atom. The Hall–Kier alpha value is -3.06. The second-order valence-electron chi connectivity index (χ2n) is 6.33. The third-order valence-corrected chi connectivity index (χ3v) is 4.38. The van der Waals surface area contributed by atoms with Crippen LogP contribution in [0.2, 0.25) is 0 Å². The number of aromatic amines is 1. The second kappa shape index (κ2) is 7.88. The van der Waals surface area contributed by atoms with Gasteiger partial charge in [-0.3, -0.25) is 4.79 Å². The third-order valence-electron chi connectivity index (χ3n) is 4.38. The van der Waals surface area contributed by atoms with Crippen molar-refractivity contribution in [1.29, 1.82) is 0 Å². The number of rotatable bonds is 6. The van der Waals surface area contributed by atoms with Crippen molar-refractivity contribution >= 4 is 5.91 Å². The number of tetrazole rings is 1. The minimum Gasteiger partial charge on any atom is -0.350 e. The summed E-state index contributed by atoms with van der Waals surface area (Å²) in [6.45, 7) is 2.58. The number of nitrogens with one attached hydrogen (secondary N) is 2. The second-order valence-corrected chi connectivity index (χ2v) is 6.33. The molecule has 0 bridgehead atoms. The number of carbonyl (C=O) groups is 1. The Kier molecular flexibility index (Phi) is 5.38.